The Hall–Kier alpha value is -0.590. The van der Waals surface area contributed by atoms with Crippen molar-refractivity contribution in [2.75, 3.05) is 7.11 Å². The number of rotatable bonds is 3. The highest BCUT2D eigenvalue weighted by atomic mass is 127. The van der Waals surface area contributed by atoms with Gasteiger partial charge in [0.1, 0.15) is 5.75 Å². The first-order valence-electron chi connectivity index (χ1n) is 5.88. The van der Waals surface area contributed by atoms with Crippen molar-refractivity contribution in [3.05, 3.63) is 61.1 Å². The largest absolute Gasteiger partial charge is 0.496 e. The highest BCUT2D eigenvalue weighted by Gasteiger charge is 2.16. The van der Waals surface area contributed by atoms with Gasteiger partial charge < -0.3 is 10.5 Å². The maximum atomic E-state index is 6.38. The third-order valence-corrected chi connectivity index (χ3v) is 4.58. The average Bonchev–Trinajstić information content (AvgIpc) is 2.40. The van der Waals surface area contributed by atoms with Crippen LogP contribution in [0.2, 0.25) is 0 Å². The summed E-state index contributed by atoms with van der Waals surface area (Å²) >= 11 is 5.84. The summed E-state index contributed by atoms with van der Waals surface area (Å²) in [6.45, 7) is 2.04. The smallest absolute Gasteiger partial charge is 0.124 e. The van der Waals surface area contributed by atoms with Gasteiger partial charge in [0.15, 0.2) is 0 Å². The van der Waals surface area contributed by atoms with Crippen LogP contribution in [0.25, 0.3) is 0 Å². The van der Waals surface area contributed by atoms with Crippen LogP contribution in [0.1, 0.15) is 22.7 Å². The molecule has 0 aliphatic carbocycles. The molecule has 2 aromatic rings. The molecule has 0 saturated carbocycles. The highest BCUT2D eigenvalue weighted by molar-refractivity contribution is 14.1. The fourth-order valence-electron chi connectivity index (χ4n) is 1.97. The van der Waals surface area contributed by atoms with Crippen molar-refractivity contribution in [3.63, 3.8) is 0 Å². The van der Waals surface area contributed by atoms with E-state index in [0.717, 1.165) is 26.9 Å². The molecule has 0 spiro atoms. The summed E-state index contributed by atoms with van der Waals surface area (Å²) in [5.41, 5.74) is 9.58. The topological polar surface area (TPSA) is 35.2 Å². The van der Waals surface area contributed by atoms with Crippen molar-refractivity contribution in [1.29, 1.82) is 0 Å². The number of nitrogens with two attached hydrogens (primary N) is 1. The third-order valence-electron chi connectivity index (χ3n) is 3.05. The molecule has 0 amide bonds. The minimum Gasteiger partial charge on any atom is -0.496 e. The molecule has 1 unspecified atom stereocenters. The molecule has 2 rings (SSSR count). The average molecular weight is 432 g/mol. The fraction of sp³-hybridized carbons (Fsp3) is 0.200. The fourth-order valence-corrected chi connectivity index (χ4v) is 2.90. The van der Waals surface area contributed by atoms with Crippen LogP contribution in [0.15, 0.2) is 40.9 Å². The highest BCUT2D eigenvalue weighted by Crippen LogP contribution is 2.33. The minimum atomic E-state index is -0.193. The lowest BCUT2D eigenvalue weighted by molar-refractivity contribution is 0.407. The van der Waals surface area contributed by atoms with Crippen molar-refractivity contribution in [3.8, 4) is 5.75 Å². The van der Waals surface area contributed by atoms with E-state index in [9.17, 15) is 0 Å². The monoisotopic (exact) mass is 431 g/mol. The maximum absolute atomic E-state index is 6.38. The van der Waals surface area contributed by atoms with Crippen LogP contribution in [0.3, 0.4) is 0 Å². The van der Waals surface area contributed by atoms with Gasteiger partial charge in [-0.1, -0.05) is 28.1 Å². The van der Waals surface area contributed by atoms with Gasteiger partial charge in [-0.3, -0.25) is 0 Å². The number of benzene rings is 2. The van der Waals surface area contributed by atoms with Crippen LogP contribution >= 0.6 is 38.5 Å². The Kier molecular flexibility index (Phi) is 4.86. The first kappa shape index (κ1) is 14.8. The van der Waals surface area contributed by atoms with E-state index in [0.29, 0.717) is 0 Å². The van der Waals surface area contributed by atoms with Gasteiger partial charge in [0.2, 0.25) is 0 Å². The van der Waals surface area contributed by atoms with E-state index in [1.807, 2.05) is 31.2 Å². The molecule has 0 radical (unpaired) electrons. The summed E-state index contributed by atoms with van der Waals surface area (Å²) in [6.07, 6.45) is 0. The second-order valence-electron chi connectivity index (χ2n) is 4.38. The molecule has 100 valence electrons. The zero-order chi connectivity index (χ0) is 14.0. The molecule has 2 nitrogen and oxygen atoms in total. The van der Waals surface area contributed by atoms with Gasteiger partial charge in [-0.25, -0.2) is 0 Å². The van der Waals surface area contributed by atoms with Gasteiger partial charge in [0, 0.05) is 13.6 Å². The summed E-state index contributed by atoms with van der Waals surface area (Å²) in [5.74, 6) is 0.826. The predicted molar refractivity (Wildman–Crippen MR) is 90.6 cm³/mol. The number of hydrogen-bond acceptors (Lipinski definition) is 2. The third kappa shape index (κ3) is 3.30. The second kappa shape index (κ2) is 6.24. The minimum absolute atomic E-state index is 0.193. The van der Waals surface area contributed by atoms with Crippen molar-refractivity contribution in [1.82, 2.24) is 0 Å². The summed E-state index contributed by atoms with van der Waals surface area (Å²) < 4.78 is 7.67. The van der Waals surface area contributed by atoms with Crippen LogP contribution in [0.4, 0.5) is 0 Å². The number of aryl methyl sites for hydroxylation is 1. The molecule has 19 heavy (non-hydrogen) atoms. The zero-order valence-corrected chi connectivity index (χ0v) is 14.5. The van der Waals surface area contributed by atoms with Crippen LogP contribution in [0.5, 0.6) is 5.75 Å². The van der Waals surface area contributed by atoms with Gasteiger partial charge in [-0.2, -0.15) is 0 Å². The van der Waals surface area contributed by atoms with E-state index >= 15 is 0 Å². The lowest BCUT2D eigenvalue weighted by atomic mass is 9.98. The van der Waals surface area contributed by atoms with Crippen molar-refractivity contribution in [2.24, 2.45) is 5.73 Å². The SMILES string of the molecule is COc1cc(C)c(Br)cc1C(N)c1cccc(I)c1. The standard InChI is InChI=1S/C15H15BrINO/c1-9-6-14(19-2)12(8-13(9)16)15(18)10-4-3-5-11(17)7-10/h3-8,15H,18H2,1-2H3. The van der Waals surface area contributed by atoms with E-state index in [1.54, 1.807) is 7.11 Å². The predicted octanol–water partition coefficient (Wildman–Crippen LogP) is 4.42. The molecule has 0 aliphatic heterocycles. The first-order valence-corrected chi connectivity index (χ1v) is 7.75. The van der Waals surface area contributed by atoms with E-state index in [4.69, 9.17) is 10.5 Å². The maximum Gasteiger partial charge on any atom is 0.124 e. The van der Waals surface area contributed by atoms with E-state index in [2.05, 4.69) is 50.7 Å². The van der Waals surface area contributed by atoms with E-state index in [-0.39, 0.29) is 6.04 Å². The number of methoxy groups -OCH3 is 1. The molecule has 2 aromatic carbocycles. The molecule has 0 aromatic heterocycles. The molecule has 2 N–H and O–H groups in total. The quantitative estimate of drug-likeness (QED) is 0.730. The molecule has 1 atom stereocenters. The molecule has 0 heterocycles. The number of hydrogen-bond donors (Lipinski definition) is 1. The van der Waals surface area contributed by atoms with Crippen LogP contribution in [-0.4, -0.2) is 7.11 Å². The molecule has 0 bridgehead atoms. The molecule has 0 saturated heterocycles. The summed E-state index contributed by atoms with van der Waals surface area (Å²) in [5, 5.41) is 0. The van der Waals surface area contributed by atoms with Crippen LogP contribution < -0.4 is 10.5 Å². The molecule has 4 heteroatoms. The van der Waals surface area contributed by atoms with Crippen molar-refractivity contribution < 1.29 is 4.74 Å². The Morgan fingerprint density at radius 1 is 1.26 bits per heavy atom. The molecule has 0 fully saturated rings. The van der Waals surface area contributed by atoms with Crippen LogP contribution in [-0.2, 0) is 0 Å². The second-order valence-corrected chi connectivity index (χ2v) is 6.48. The Labute approximate surface area is 135 Å². The normalized spacial score (nSPS) is 12.3. The van der Waals surface area contributed by atoms with Gasteiger partial charge in [0.05, 0.1) is 13.2 Å². The van der Waals surface area contributed by atoms with E-state index < -0.39 is 0 Å². The Morgan fingerprint density at radius 3 is 2.63 bits per heavy atom. The number of halogens is 2. The van der Waals surface area contributed by atoms with Gasteiger partial charge in [0.25, 0.3) is 0 Å². The van der Waals surface area contributed by atoms with Gasteiger partial charge >= 0.3 is 0 Å². The molecular formula is C15H15BrINO. The Bertz CT molecular complexity index is 601. The van der Waals surface area contributed by atoms with Crippen molar-refractivity contribution >= 4 is 38.5 Å². The Balaban J connectivity index is 2.49. The Morgan fingerprint density at radius 2 is 2.00 bits per heavy atom. The summed E-state index contributed by atoms with van der Waals surface area (Å²) in [7, 11) is 1.67. The lowest BCUT2D eigenvalue weighted by Crippen LogP contribution is -2.13. The number of ether oxygens (including phenoxy) is 1. The van der Waals surface area contributed by atoms with Gasteiger partial charge in [-0.15, -0.1) is 0 Å². The lowest BCUT2D eigenvalue weighted by Gasteiger charge is -2.18. The summed E-state index contributed by atoms with van der Waals surface area (Å²) in [4.78, 5) is 0. The van der Waals surface area contributed by atoms with E-state index in [1.165, 1.54) is 3.57 Å². The van der Waals surface area contributed by atoms with Crippen LogP contribution in [0, 0.1) is 10.5 Å². The molecular weight excluding hydrogens is 417 g/mol. The molecule has 0 aliphatic rings. The zero-order valence-electron chi connectivity index (χ0n) is 10.8. The van der Waals surface area contributed by atoms with Gasteiger partial charge in [-0.05, 0) is 64.9 Å². The first-order chi connectivity index (χ1) is 9.02. The van der Waals surface area contributed by atoms with Crippen molar-refractivity contribution in [2.45, 2.75) is 13.0 Å². The summed E-state index contributed by atoms with van der Waals surface area (Å²) in [6, 6.07) is 12.1.